The van der Waals surface area contributed by atoms with Gasteiger partial charge in [0.2, 0.25) is 0 Å². The van der Waals surface area contributed by atoms with Gasteiger partial charge in [0.05, 0.1) is 5.56 Å². The second-order valence-electron chi connectivity index (χ2n) is 6.13. The van der Waals surface area contributed by atoms with E-state index >= 15 is 0 Å². The number of nitrogens with one attached hydrogen (secondary N) is 1. The number of likely N-dealkylation sites (N-methyl/N-ethyl adjacent to an activating group) is 1. The molecule has 1 aromatic rings. The van der Waals surface area contributed by atoms with Crippen LogP contribution in [0.3, 0.4) is 0 Å². The first kappa shape index (κ1) is 16.3. The van der Waals surface area contributed by atoms with Crippen LogP contribution in [-0.2, 0) is 12.7 Å². The normalized spacial score (nSPS) is 18.4. The van der Waals surface area contributed by atoms with Crippen molar-refractivity contribution in [1.29, 1.82) is 0 Å². The highest BCUT2D eigenvalue weighted by molar-refractivity contribution is 5.25. The van der Waals surface area contributed by atoms with Crippen molar-refractivity contribution in [2.24, 2.45) is 0 Å². The van der Waals surface area contributed by atoms with Gasteiger partial charge < -0.3 is 10.2 Å². The van der Waals surface area contributed by atoms with Crippen molar-refractivity contribution in [3.05, 3.63) is 35.4 Å². The molecule has 1 saturated carbocycles. The van der Waals surface area contributed by atoms with Crippen LogP contribution in [0.5, 0.6) is 0 Å². The highest BCUT2D eigenvalue weighted by Crippen LogP contribution is 2.33. The monoisotopic (exact) mass is 300 g/mol. The Bertz CT molecular complexity index is 463. The van der Waals surface area contributed by atoms with Gasteiger partial charge in [-0.25, -0.2) is 0 Å². The maximum atomic E-state index is 12.7. The highest BCUT2D eigenvalue weighted by atomic mass is 19.4. The Morgan fingerprint density at radius 3 is 2.43 bits per heavy atom. The van der Waals surface area contributed by atoms with E-state index < -0.39 is 11.7 Å². The smallest absolute Gasteiger partial charge is 0.311 e. The summed E-state index contributed by atoms with van der Waals surface area (Å²) in [6.45, 7) is 1.29. The molecule has 5 heteroatoms. The fourth-order valence-corrected chi connectivity index (χ4v) is 3.11. The summed E-state index contributed by atoms with van der Waals surface area (Å²) in [5.41, 5.74) is 0.253. The summed E-state index contributed by atoms with van der Waals surface area (Å²) in [6.07, 6.45) is 0.477. The molecule has 0 aliphatic heterocycles. The Morgan fingerprint density at radius 2 is 1.86 bits per heavy atom. The lowest BCUT2D eigenvalue weighted by Crippen LogP contribution is -2.49. The van der Waals surface area contributed by atoms with E-state index in [-0.39, 0.29) is 5.54 Å². The van der Waals surface area contributed by atoms with Crippen molar-refractivity contribution < 1.29 is 13.2 Å². The summed E-state index contributed by atoms with van der Waals surface area (Å²) in [5, 5.41) is 3.34. The first-order valence-corrected chi connectivity index (χ1v) is 7.38. The molecule has 0 heterocycles. The predicted octanol–water partition coefficient (Wildman–Crippen LogP) is 3.67. The van der Waals surface area contributed by atoms with Crippen LogP contribution in [0.2, 0.25) is 0 Å². The molecule has 21 heavy (non-hydrogen) atoms. The summed E-state index contributed by atoms with van der Waals surface area (Å²) in [6, 6.07) is 5.54. The predicted molar refractivity (Wildman–Crippen MR) is 78.0 cm³/mol. The molecule has 0 amide bonds. The summed E-state index contributed by atoms with van der Waals surface area (Å²) < 4.78 is 38.0. The van der Waals surface area contributed by atoms with E-state index in [0.29, 0.717) is 12.1 Å². The Balaban J connectivity index is 1.94. The first-order valence-electron chi connectivity index (χ1n) is 7.38. The van der Waals surface area contributed by atoms with E-state index in [1.54, 1.807) is 6.07 Å². The van der Waals surface area contributed by atoms with Crippen molar-refractivity contribution in [3.8, 4) is 0 Å². The minimum atomic E-state index is -4.27. The molecule has 1 aliphatic rings. The number of hydrogen-bond donors (Lipinski definition) is 1. The van der Waals surface area contributed by atoms with Crippen LogP contribution in [0.4, 0.5) is 13.2 Å². The van der Waals surface area contributed by atoms with Crippen LogP contribution in [0.15, 0.2) is 24.3 Å². The number of nitrogens with zero attached hydrogens (tertiary/aromatic N) is 1. The van der Waals surface area contributed by atoms with Gasteiger partial charge in [-0.15, -0.1) is 0 Å². The summed E-state index contributed by atoms with van der Waals surface area (Å²) in [7, 11) is 4.16. The largest absolute Gasteiger partial charge is 0.416 e. The third-order valence-corrected chi connectivity index (χ3v) is 4.52. The zero-order valence-corrected chi connectivity index (χ0v) is 12.6. The molecular weight excluding hydrogens is 277 g/mol. The van der Waals surface area contributed by atoms with E-state index in [2.05, 4.69) is 24.3 Å². The molecule has 118 valence electrons. The van der Waals surface area contributed by atoms with Gasteiger partial charge in [0.15, 0.2) is 0 Å². The van der Waals surface area contributed by atoms with Gasteiger partial charge in [0.25, 0.3) is 0 Å². The zero-order valence-electron chi connectivity index (χ0n) is 12.6. The van der Waals surface area contributed by atoms with E-state index in [1.807, 2.05) is 0 Å². The van der Waals surface area contributed by atoms with Gasteiger partial charge in [-0.1, -0.05) is 31.0 Å². The van der Waals surface area contributed by atoms with Crippen molar-refractivity contribution in [1.82, 2.24) is 10.2 Å². The van der Waals surface area contributed by atoms with Crippen LogP contribution in [-0.4, -0.2) is 31.1 Å². The SMILES string of the molecule is CN(C)C1(CNCc2cccc(C(F)(F)F)c2)CCCC1. The Morgan fingerprint density at radius 1 is 1.19 bits per heavy atom. The molecule has 1 aromatic carbocycles. The van der Waals surface area contributed by atoms with Gasteiger partial charge in [-0.3, -0.25) is 0 Å². The van der Waals surface area contributed by atoms with Gasteiger partial charge >= 0.3 is 6.18 Å². The van der Waals surface area contributed by atoms with Crippen molar-refractivity contribution in [2.45, 2.75) is 43.9 Å². The number of halogens is 3. The molecule has 0 unspecified atom stereocenters. The molecule has 0 aromatic heterocycles. The van der Waals surface area contributed by atoms with Crippen LogP contribution >= 0.6 is 0 Å². The zero-order chi connectivity index (χ0) is 15.5. The van der Waals surface area contributed by atoms with Gasteiger partial charge in [0, 0.05) is 18.6 Å². The minimum absolute atomic E-state index is 0.154. The van der Waals surface area contributed by atoms with Gasteiger partial charge in [-0.05, 0) is 38.6 Å². The Kier molecular flexibility index (Phi) is 4.94. The number of hydrogen-bond acceptors (Lipinski definition) is 2. The van der Waals surface area contributed by atoms with Crippen molar-refractivity contribution >= 4 is 0 Å². The summed E-state index contributed by atoms with van der Waals surface area (Å²) in [4.78, 5) is 2.25. The average Bonchev–Trinajstić information content (AvgIpc) is 2.88. The summed E-state index contributed by atoms with van der Waals surface area (Å²) >= 11 is 0. The van der Waals surface area contributed by atoms with E-state index in [4.69, 9.17) is 0 Å². The van der Waals surface area contributed by atoms with E-state index in [1.165, 1.54) is 25.0 Å². The second kappa shape index (κ2) is 6.36. The van der Waals surface area contributed by atoms with E-state index in [0.717, 1.165) is 25.5 Å². The van der Waals surface area contributed by atoms with Crippen LogP contribution in [0, 0.1) is 0 Å². The standard InChI is InChI=1S/C16H23F3N2/c1-21(2)15(8-3-4-9-15)12-20-11-13-6-5-7-14(10-13)16(17,18)19/h5-7,10,20H,3-4,8-9,11-12H2,1-2H3. The lowest BCUT2D eigenvalue weighted by molar-refractivity contribution is -0.137. The molecule has 2 nitrogen and oxygen atoms in total. The molecule has 2 rings (SSSR count). The quantitative estimate of drug-likeness (QED) is 0.892. The first-order chi connectivity index (χ1) is 9.83. The molecule has 0 bridgehead atoms. The van der Waals surface area contributed by atoms with Crippen LogP contribution in [0.25, 0.3) is 0 Å². The van der Waals surface area contributed by atoms with Crippen molar-refractivity contribution in [3.63, 3.8) is 0 Å². The van der Waals surface area contributed by atoms with Crippen LogP contribution in [0.1, 0.15) is 36.8 Å². The molecule has 0 spiro atoms. The van der Waals surface area contributed by atoms with Gasteiger partial charge in [-0.2, -0.15) is 13.2 Å². The summed E-state index contributed by atoms with van der Waals surface area (Å²) in [5.74, 6) is 0. The molecule has 0 atom stereocenters. The van der Waals surface area contributed by atoms with E-state index in [9.17, 15) is 13.2 Å². The minimum Gasteiger partial charge on any atom is -0.311 e. The fraction of sp³-hybridized carbons (Fsp3) is 0.625. The lowest BCUT2D eigenvalue weighted by atomic mass is 9.96. The molecule has 1 aliphatic carbocycles. The Labute approximate surface area is 124 Å². The maximum absolute atomic E-state index is 12.7. The highest BCUT2D eigenvalue weighted by Gasteiger charge is 2.35. The van der Waals surface area contributed by atoms with Crippen LogP contribution < -0.4 is 5.32 Å². The second-order valence-corrected chi connectivity index (χ2v) is 6.13. The third kappa shape index (κ3) is 3.98. The Hall–Kier alpha value is -1.07. The fourth-order valence-electron chi connectivity index (χ4n) is 3.11. The average molecular weight is 300 g/mol. The molecular formula is C16H23F3N2. The molecule has 0 radical (unpaired) electrons. The molecule has 0 saturated heterocycles. The maximum Gasteiger partial charge on any atom is 0.416 e. The number of rotatable bonds is 5. The number of benzene rings is 1. The third-order valence-electron chi connectivity index (χ3n) is 4.52. The molecule has 1 N–H and O–H groups in total. The number of alkyl halides is 3. The topological polar surface area (TPSA) is 15.3 Å². The molecule has 1 fully saturated rings. The van der Waals surface area contributed by atoms with Crippen molar-refractivity contribution in [2.75, 3.05) is 20.6 Å². The van der Waals surface area contributed by atoms with Gasteiger partial charge in [0.1, 0.15) is 0 Å². The lowest BCUT2D eigenvalue weighted by Gasteiger charge is -2.36.